The van der Waals surface area contributed by atoms with Crippen molar-refractivity contribution >= 4 is 15.5 Å². The van der Waals surface area contributed by atoms with Gasteiger partial charge in [0, 0.05) is 6.04 Å². The lowest BCUT2D eigenvalue weighted by atomic mass is 10.1. The van der Waals surface area contributed by atoms with Crippen molar-refractivity contribution < 1.29 is 12.8 Å². The Morgan fingerprint density at radius 1 is 1.44 bits per heavy atom. The third-order valence-corrected chi connectivity index (χ3v) is 4.63. The van der Waals surface area contributed by atoms with Gasteiger partial charge in [-0.3, -0.25) is 0 Å². The Morgan fingerprint density at radius 2 is 2.12 bits per heavy atom. The molecule has 0 bridgehead atoms. The van der Waals surface area contributed by atoms with Gasteiger partial charge in [-0.15, -0.1) is 0 Å². The highest BCUT2D eigenvalue weighted by molar-refractivity contribution is 7.91. The Bertz CT molecular complexity index is 511. The summed E-state index contributed by atoms with van der Waals surface area (Å²) in [6.45, 7) is 3.92. The van der Waals surface area contributed by atoms with Crippen LogP contribution >= 0.6 is 0 Å². The maximum Gasteiger partial charge on any atom is 0.182 e. The molecule has 3 nitrogen and oxygen atoms in total. The summed E-state index contributed by atoms with van der Waals surface area (Å²) in [6, 6.07) is 3.72. The molecule has 0 aliphatic carbocycles. The van der Waals surface area contributed by atoms with Crippen LogP contribution in [0, 0.1) is 11.7 Å². The van der Waals surface area contributed by atoms with Crippen LogP contribution in [0.4, 0.5) is 10.1 Å². The van der Waals surface area contributed by atoms with Crippen molar-refractivity contribution in [1.82, 2.24) is 0 Å². The molecule has 0 radical (unpaired) electrons. The number of hydrogen-bond donors (Lipinski definition) is 1. The van der Waals surface area contributed by atoms with Gasteiger partial charge in [0.2, 0.25) is 0 Å². The van der Waals surface area contributed by atoms with Crippen molar-refractivity contribution in [3.63, 3.8) is 0 Å². The maximum atomic E-state index is 13.0. The van der Waals surface area contributed by atoms with Crippen LogP contribution in [0.1, 0.15) is 13.8 Å². The summed E-state index contributed by atoms with van der Waals surface area (Å²) >= 11 is 0. The van der Waals surface area contributed by atoms with E-state index < -0.39 is 15.7 Å². The molecule has 1 aromatic carbocycles. The molecule has 1 heterocycles. The summed E-state index contributed by atoms with van der Waals surface area (Å²) in [7, 11) is -3.36. The Hall–Kier alpha value is -1.10. The first-order valence-corrected chi connectivity index (χ1v) is 6.84. The lowest BCUT2D eigenvalue weighted by Gasteiger charge is -2.29. The zero-order valence-corrected chi connectivity index (χ0v) is 10.0. The topological polar surface area (TPSA) is 46.2 Å². The monoisotopic (exact) mass is 243 g/mol. The van der Waals surface area contributed by atoms with Crippen LogP contribution in [0.3, 0.4) is 0 Å². The number of sulfone groups is 1. The van der Waals surface area contributed by atoms with Crippen LogP contribution in [0.2, 0.25) is 0 Å². The van der Waals surface area contributed by atoms with Crippen molar-refractivity contribution in [3.05, 3.63) is 24.0 Å². The number of nitrogens with one attached hydrogen (secondary N) is 1. The molecule has 1 aromatic rings. The molecule has 5 heteroatoms. The van der Waals surface area contributed by atoms with Gasteiger partial charge in [-0.1, -0.05) is 13.8 Å². The average molecular weight is 243 g/mol. The van der Waals surface area contributed by atoms with Crippen molar-refractivity contribution in [3.8, 4) is 0 Å². The second kappa shape index (κ2) is 3.73. The van der Waals surface area contributed by atoms with E-state index in [1.807, 2.05) is 13.8 Å². The molecular weight excluding hydrogens is 229 g/mol. The van der Waals surface area contributed by atoms with Crippen molar-refractivity contribution in [2.24, 2.45) is 5.92 Å². The molecule has 0 amide bonds. The van der Waals surface area contributed by atoms with E-state index in [0.29, 0.717) is 5.69 Å². The number of fused-ring (bicyclic) bond motifs is 1. The lowest BCUT2D eigenvalue weighted by molar-refractivity contribution is 0.529. The van der Waals surface area contributed by atoms with Crippen LogP contribution in [-0.2, 0) is 9.84 Å². The first-order valence-electron chi connectivity index (χ1n) is 5.19. The average Bonchev–Trinajstić information content (AvgIpc) is 2.18. The summed E-state index contributed by atoms with van der Waals surface area (Å²) in [5.41, 5.74) is 0.506. The number of benzene rings is 1. The minimum absolute atomic E-state index is 0.0289. The predicted octanol–water partition coefficient (Wildman–Crippen LogP) is 2.05. The van der Waals surface area contributed by atoms with Gasteiger partial charge in [-0.05, 0) is 24.1 Å². The Morgan fingerprint density at radius 3 is 2.75 bits per heavy atom. The molecule has 0 saturated heterocycles. The highest BCUT2D eigenvalue weighted by Crippen LogP contribution is 2.30. The SMILES string of the molecule is CC(C)C1CS(=O)(=O)c2cc(F)ccc2N1. The molecule has 1 N–H and O–H groups in total. The zero-order valence-electron chi connectivity index (χ0n) is 9.20. The van der Waals surface area contributed by atoms with E-state index >= 15 is 0 Å². The van der Waals surface area contributed by atoms with Gasteiger partial charge >= 0.3 is 0 Å². The van der Waals surface area contributed by atoms with E-state index in [1.54, 1.807) is 0 Å². The lowest BCUT2D eigenvalue weighted by Crippen LogP contribution is -2.38. The molecule has 1 aliphatic heterocycles. The van der Waals surface area contributed by atoms with Crippen LogP contribution in [-0.4, -0.2) is 20.2 Å². The Kier molecular flexibility index (Phi) is 2.66. The van der Waals surface area contributed by atoms with Crippen molar-refractivity contribution in [2.75, 3.05) is 11.1 Å². The third kappa shape index (κ3) is 1.91. The van der Waals surface area contributed by atoms with Crippen molar-refractivity contribution in [2.45, 2.75) is 24.8 Å². The van der Waals surface area contributed by atoms with E-state index in [0.717, 1.165) is 6.07 Å². The molecule has 0 saturated carbocycles. The molecule has 0 fully saturated rings. The largest absolute Gasteiger partial charge is 0.380 e. The fourth-order valence-corrected chi connectivity index (χ4v) is 3.67. The summed E-state index contributed by atoms with van der Waals surface area (Å²) < 4.78 is 36.9. The standard InChI is InChI=1S/C11H14FNO2S/c1-7(2)10-6-16(14,15)11-5-8(12)3-4-9(11)13-10/h3-5,7,10,13H,6H2,1-2H3. The van der Waals surface area contributed by atoms with Gasteiger partial charge in [0.15, 0.2) is 9.84 Å². The molecule has 1 atom stereocenters. The fraction of sp³-hybridized carbons (Fsp3) is 0.455. The summed E-state index contributed by atoms with van der Waals surface area (Å²) in [6.07, 6.45) is 0. The summed E-state index contributed by atoms with van der Waals surface area (Å²) in [4.78, 5) is 0.0735. The van der Waals surface area contributed by atoms with E-state index in [2.05, 4.69) is 5.32 Å². The Labute approximate surface area is 94.6 Å². The molecule has 1 unspecified atom stereocenters. The number of hydrogen-bond acceptors (Lipinski definition) is 3. The molecule has 0 spiro atoms. The maximum absolute atomic E-state index is 13.0. The van der Waals surface area contributed by atoms with Gasteiger partial charge in [0.1, 0.15) is 5.82 Å². The van der Waals surface area contributed by atoms with Gasteiger partial charge in [-0.25, -0.2) is 12.8 Å². The predicted molar refractivity (Wildman–Crippen MR) is 60.7 cm³/mol. The number of halogens is 1. The first-order chi connectivity index (χ1) is 7.40. The first kappa shape index (κ1) is 11.4. The third-order valence-electron chi connectivity index (χ3n) is 2.82. The molecule has 88 valence electrons. The normalized spacial score (nSPS) is 22.6. The minimum atomic E-state index is -3.36. The molecular formula is C11H14FNO2S. The van der Waals surface area contributed by atoms with E-state index in [1.165, 1.54) is 12.1 Å². The van der Waals surface area contributed by atoms with Gasteiger partial charge in [0.05, 0.1) is 16.3 Å². The van der Waals surface area contributed by atoms with Gasteiger partial charge in [0.25, 0.3) is 0 Å². The number of anilines is 1. The minimum Gasteiger partial charge on any atom is -0.380 e. The Balaban J connectivity index is 2.52. The van der Waals surface area contributed by atoms with E-state index in [9.17, 15) is 12.8 Å². The van der Waals surface area contributed by atoms with E-state index in [4.69, 9.17) is 0 Å². The second-order valence-corrected chi connectivity index (χ2v) is 6.42. The number of rotatable bonds is 1. The molecule has 2 rings (SSSR count). The fourth-order valence-electron chi connectivity index (χ4n) is 1.80. The van der Waals surface area contributed by atoms with Crippen molar-refractivity contribution in [1.29, 1.82) is 0 Å². The molecule has 0 aromatic heterocycles. The smallest absolute Gasteiger partial charge is 0.182 e. The molecule has 1 aliphatic rings. The van der Waals surface area contributed by atoms with Crippen LogP contribution in [0.5, 0.6) is 0 Å². The van der Waals surface area contributed by atoms with E-state index in [-0.39, 0.29) is 22.6 Å². The highest BCUT2D eigenvalue weighted by Gasteiger charge is 2.31. The van der Waals surface area contributed by atoms with Gasteiger partial charge in [-0.2, -0.15) is 0 Å². The van der Waals surface area contributed by atoms with Crippen LogP contribution < -0.4 is 5.32 Å². The van der Waals surface area contributed by atoms with Crippen LogP contribution in [0.15, 0.2) is 23.1 Å². The molecule has 16 heavy (non-hydrogen) atoms. The summed E-state index contributed by atoms with van der Waals surface area (Å²) in [5, 5.41) is 3.13. The zero-order chi connectivity index (χ0) is 11.9. The summed E-state index contributed by atoms with van der Waals surface area (Å²) in [5.74, 6) is -0.277. The highest BCUT2D eigenvalue weighted by atomic mass is 32.2. The second-order valence-electron chi connectivity index (χ2n) is 4.42. The quantitative estimate of drug-likeness (QED) is 0.821. The van der Waals surface area contributed by atoms with Gasteiger partial charge < -0.3 is 5.32 Å². The van der Waals surface area contributed by atoms with Crippen LogP contribution in [0.25, 0.3) is 0 Å².